The highest BCUT2D eigenvalue weighted by molar-refractivity contribution is 7.71. The lowest BCUT2D eigenvalue weighted by Crippen LogP contribution is -2.37. The molecule has 0 amide bonds. The maximum atomic E-state index is 5.73. The van der Waals surface area contributed by atoms with Crippen LogP contribution in [0, 0.1) is 4.77 Å². The van der Waals surface area contributed by atoms with Crippen LogP contribution in [0.1, 0.15) is 20.3 Å². The fourth-order valence-electron chi connectivity index (χ4n) is 2.67. The van der Waals surface area contributed by atoms with E-state index in [1.807, 2.05) is 30.3 Å². The number of ether oxygens (including phenoxy) is 1. The first-order valence-electron chi connectivity index (χ1n) is 6.48. The molecule has 5 heteroatoms. The number of hydrogen-bond donors (Lipinski definition) is 1. The largest absolute Gasteiger partial charge is 0.376 e. The van der Waals surface area contributed by atoms with E-state index in [1.165, 1.54) is 0 Å². The number of rotatable bonds is 2. The van der Waals surface area contributed by atoms with E-state index in [1.54, 1.807) is 0 Å². The number of aromatic nitrogens is 3. The van der Waals surface area contributed by atoms with E-state index >= 15 is 0 Å². The summed E-state index contributed by atoms with van der Waals surface area (Å²) in [7, 11) is 0. The van der Waals surface area contributed by atoms with E-state index < -0.39 is 0 Å². The van der Waals surface area contributed by atoms with Crippen LogP contribution in [0.3, 0.4) is 0 Å². The predicted octanol–water partition coefficient (Wildman–Crippen LogP) is 3.13. The Hall–Kier alpha value is -1.46. The second kappa shape index (κ2) is 4.58. The van der Waals surface area contributed by atoms with Crippen molar-refractivity contribution in [3.05, 3.63) is 35.1 Å². The Morgan fingerprint density at radius 3 is 2.79 bits per heavy atom. The van der Waals surface area contributed by atoms with Crippen LogP contribution in [0.25, 0.3) is 11.4 Å². The summed E-state index contributed by atoms with van der Waals surface area (Å²) >= 11 is 5.42. The monoisotopic (exact) mass is 275 g/mol. The Bertz CT molecular complexity index is 634. The summed E-state index contributed by atoms with van der Waals surface area (Å²) in [6, 6.07) is 10.1. The van der Waals surface area contributed by atoms with Gasteiger partial charge < -0.3 is 4.74 Å². The summed E-state index contributed by atoms with van der Waals surface area (Å²) in [5.41, 5.74) is 0.921. The number of benzene rings is 1. The molecule has 1 aliphatic rings. The minimum Gasteiger partial charge on any atom is -0.376 e. The zero-order valence-corrected chi connectivity index (χ0v) is 11.9. The average Bonchev–Trinajstić information content (AvgIpc) is 2.96. The normalized spacial score (nSPS) is 26.7. The maximum Gasteiger partial charge on any atom is 0.196 e. The highest BCUT2D eigenvalue weighted by Gasteiger charge is 2.41. The third-order valence-electron chi connectivity index (χ3n) is 4.07. The van der Waals surface area contributed by atoms with Crippen molar-refractivity contribution in [3.8, 4) is 11.4 Å². The molecule has 0 saturated carbocycles. The van der Waals surface area contributed by atoms with Gasteiger partial charge in [-0.15, -0.1) is 0 Å². The molecule has 1 aliphatic heterocycles. The Labute approximate surface area is 117 Å². The summed E-state index contributed by atoms with van der Waals surface area (Å²) in [5.74, 6) is 0.880. The lowest BCUT2D eigenvalue weighted by Gasteiger charge is -2.30. The molecule has 0 bridgehead atoms. The first-order valence-corrected chi connectivity index (χ1v) is 6.89. The fourth-order valence-corrected chi connectivity index (χ4v) is 3.01. The van der Waals surface area contributed by atoms with Gasteiger partial charge >= 0.3 is 0 Å². The van der Waals surface area contributed by atoms with Gasteiger partial charge in [-0.3, -0.25) is 9.67 Å². The van der Waals surface area contributed by atoms with Gasteiger partial charge in [0, 0.05) is 12.2 Å². The lowest BCUT2D eigenvalue weighted by atomic mass is 9.94. The van der Waals surface area contributed by atoms with E-state index in [-0.39, 0.29) is 11.6 Å². The molecular weight excluding hydrogens is 258 g/mol. The van der Waals surface area contributed by atoms with Gasteiger partial charge in [-0.1, -0.05) is 30.3 Å². The second-order valence-corrected chi connectivity index (χ2v) is 5.56. The summed E-state index contributed by atoms with van der Waals surface area (Å²) < 4.78 is 8.49. The maximum absolute atomic E-state index is 5.73. The molecule has 0 spiro atoms. The van der Waals surface area contributed by atoms with Gasteiger partial charge in [-0.25, -0.2) is 0 Å². The first kappa shape index (κ1) is 12.6. The minimum absolute atomic E-state index is 0.124. The summed E-state index contributed by atoms with van der Waals surface area (Å²) in [6.45, 7) is 5.04. The van der Waals surface area contributed by atoms with Crippen molar-refractivity contribution in [2.45, 2.75) is 31.9 Å². The lowest BCUT2D eigenvalue weighted by molar-refractivity contribution is 0.0759. The molecule has 1 fully saturated rings. The summed E-state index contributed by atoms with van der Waals surface area (Å²) in [4.78, 5) is 0. The number of nitrogens with one attached hydrogen (secondary N) is 1. The van der Waals surface area contributed by atoms with Gasteiger partial charge in [0.2, 0.25) is 0 Å². The molecule has 100 valence electrons. The number of nitrogens with zero attached hydrogens (tertiary/aromatic N) is 2. The quantitative estimate of drug-likeness (QED) is 0.856. The first-order chi connectivity index (χ1) is 9.13. The smallest absolute Gasteiger partial charge is 0.196 e. The van der Waals surface area contributed by atoms with Crippen molar-refractivity contribution in [1.82, 2.24) is 14.8 Å². The van der Waals surface area contributed by atoms with E-state index in [4.69, 9.17) is 17.0 Å². The molecule has 2 unspecified atom stereocenters. The Morgan fingerprint density at radius 1 is 1.42 bits per heavy atom. The molecule has 3 rings (SSSR count). The third kappa shape index (κ3) is 1.93. The highest BCUT2D eigenvalue weighted by Crippen LogP contribution is 2.36. The summed E-state index contributed by atoms with van der Waals surface area (Å²) in [5, 5.41) is 7.32. The van der Waals surface area contributed by atoms with Gasteiger partial charge in [0.1, 0.15) is 0 Å². The van der Waals surface area contributed by atoms with Gasteiger partial charge in [-0.2, -0.15) is 5.10 Å². The predicted molar refractivity (Wildman–Crippen MR) is 76.5 cm³/mol. The van der Waals surface area contributed by atoms with Crippen molar-refractivity contribution >= 4 is 12.2 Å². The molecule has 0 aliphatic carbocycles. The summed E-state index contributed by atoms with van der Waals surface area (Å²) in [6.07, 6.45) is 1.07. The van der Waals surface area contributed by atoms with Crippen molar-refractivity contribution in [2.24, 2.45) is 0 Å². The number of hydrogen-bond acceptors (Lipinski definition) is 3. The zero-order valence-electron chi connectivity index (χ0n) is 11.1. The fraction of sp³-hybridized carbons (Fsp3) is 0.429. The molecule has 2 atom stereocenters. The van der Waals surface area contributed by atoms with Gasteiger partial charge in [0.15, 0.2) is 10.6 Å². The Kier molecular flexibility index (Phi) is 3.03. The second-order valence-electron chi connectivity index (χ2n) is 5.17. The molecule has 1 N–H and O–H groups in total. The highest BCUT2D eigenvalue weighted by atomic mass is 32.1. The van der Waals surface area contributed by atoms with E-state index in [0.717, 1.165) is 24.4 Å². The molecule has 4 nitrogen and oxygen atoms in total. The van der Waals surface area contributed by atoms with Crippen molar-refractivity contribution in [2.75, 3.05) is 6.61 Å². The van der Waals surface area contributed by atoms with Crippen LogP contribution in [0.4, 0.5) is 0 Å². The average molecular weight is 275 g/mol. The van der Waals surface area contributed by atoms with Gasteiger partial charge in [0.05, 0.1) is 11.6 Å². The topological polar surface area (TPSA) is 42.8 Å². The van der Waals surface area contributed by atoms with Gasteiger partial charge in [0.25, 0.3) is 0 Å². The zero-order chi connectivity index (χ0) is 13.5. The molecule has 2 aromatic rings. The minimum atomic E-state index is -0.144. The molecular formula is C14H17N3OS. The molecule has 1 aromatic heterocycles. The van der Waals surface area contributed by atoms with E-state index in [0.29, 0.717) is 4.77 Å². The third-order valence-corrected chi connectivity index (χ3v) is 4.34. The van der Waals surface area contributed by atoms with Crippen LogP contribution in [0.15, 0.2) is 30.3 Å². The van der Waals surface area contributed by atoms with Crippen LogP contribution in [-0.2, 0) is 10.3 Å². The van der Waals surface area contributed by atoms with Crippen molar-refractivity contribution in [1.29, 1.82) is 0 Å². The van der Waals surface area contributed by atoms with E-state index in [2.05, 4.69) is 28.6 Å². The molecule has 1 saturated heterocycles. The standard InChI is InChI=1S/C14H17N3OS/c1-10-14(2,8-9-18-10)17-12(15-16-13(17)19)11-6-4-3-5-7-11/h3-7,10H,8-9H2,1-2H3,(H,16,19). The number of aromatic amines is 1. The van der Waals surface area contributed by atoms with E-state index in [9.17, 15) is 0 Å². The van der Waals surface area contributed by atoms with Crippen LogP contribution < -0.4 is 0 Å². The van der Waals surface area contributed by atoms with Crippen molar-refractivity contribution in [3.63, 3.8) is 0 Å². The number of H-pyrrole nitrogens is 1. The van der Waals surface area contributed by atoms with Crippen LogP contribution in [0.5, 0.6) is 0 Å². The molecule has 2 heterocycles. The van der Waals surface area contributed by atoms with Crippen LogP contribution in [-0.4, -0.2) is 27.5 Å². The van der Waals surface area contributed by atoms with Gasteiger partial charge in [-0.05, 0) is 32.5 Å². The molecule has 19 heavy (non-hydrogen) atoms. The Balaban J connectivity index is 2.17. The Morgan fingerprint density at radius 2 is 2.16 bits per heavy atom. The SMILES string of the molecule is CC1OCCC1(C)n1c(-c2ccccc2)n[nH]c1=S. The van der Waals surface area contributed by atoms with Crippen molar-refractivity contribution < 1.29 is 4.74 Å². The molecule has 1 aromatic carbocycles. The van der Waals surface area contributed by atoms with Crippen LogP contribution in [0.2, 0.25) is 0 Å². The van der Waals surface area contributed by atoms with Crippen LogP contribution >= 0.6 is 12.2 Å². The molecule has 0 radical (unpaired) electrons.